The van der Waals surface area contributed by atoms with Crippen LogP contribution in [0.25, 0.3) is 0 Å². The molecule has 1 unspecified atom stereocenters. The highest BCUT2D eigenvalue weighted by Crippen LogP contribution is 2.31. The van der Waals surface area contributed by atoms with Crippen LogP contribution >= 0.6 is 16.3 Å². The summed E-state index contributed by atoms with van der Waals surface area (Å²) in [5.41, 5.74) is 1.91. The van der Waals surface area contributed by atoms with Gasteiger partial charge < -0.3 is 24.1 Å². The van der Waals surface area contributed by atoms with Crippen LogP contribution in [0.3, 0.4) is 0 Å². The van der Waals surface area contributed by atoms with Gasteiger partial charge in [-0.15, -0.1) is 0 Å². The second-order valence-electron chi connectivity index (χ2n) is 6.91. The van der Waals surface area contributed by atoms with E-state index in [0.29, 0.717) is 0 Å². The average molecular weight is 481 g/mol. The normalized spacial score (nSPS) is 26.3. The van der Waals surface area contributed by atoms with E-state index in [0.717, 1.165) is 11.1 Å². The maximum Gasteiger partial charge on any atom is 0.303 e. The topological polar surface area (TPSA) is 83.5 Å². The zero-order chi connectivity index (χ0) is 21.3. The Labute approximate surface area is 184 Å². The van der Waals surface area contributed by atoms with Crippen molar-refractivity contribution >= 4 is 22.2 Å². The lowest BCUT2D eigenvalue weighted by Crippen LogP contribution is -2.61. The van der Waals surface area contributed by atoms with E-state index in [1.165, 1.54) is 6.92 Å². The van der Waals surface area contributed by atoms with Crippen molar-refractivity contribution in [2.45, 2.75) is 50.8 Å². The Balaban J connectivity index is 1.83. The average Bonchev–Trinajstić information content (AvgIpc) is 2.77. The van der Waals surface area contributed by atoms with Gasteiger partial charge in [-0.05, 0) is 11.1 Å². The Bertz CT molecular complexity index is 774. The van der Waals surface area contributed by atoms with E-state index >= 15 is 0 Å². The third kappa shape index (κ3) is 6.10. The van der Waals surface area contributed by atoms with Gasteiger partial charge in [-0.2, -0.15) is 0 Å². The molecule has 8 heteroatoms. The fourth-order valence-electron chi connectivity index (χ4n) is 3.33. The highest BCUT2D eigenvalue weighted by Gasteiger charge is 2.49. The van der Waals surface area contributed by atoms with Crippen LogP contribution in [0, 0.1) is 0 Å². The van der Waals surface area contributed by atoms with E-state index < -0.39 is 36.7 Å². The lowest BCUT2D eigenvalue weighted by molar-refractivity contribution is -0.297. The molecule has 0 amide bonds. The molecule has 1 saturated heterocycles. The fraction of sp³-hybridized carbons (Fsp3) is 0.409. The molecule has 1 heterocycles. The molecule has 1 fully saturated rings. The van der Waals surface area contributed by atoms with Gasteiger partial charge in [0, 0.05) is 6.92 Å². The second kappa shape index (κ2) is 11.5. The third-order valence-electron chi connectivity index (χ3n) is 4.73. The minimum absolute atomic E-state index is 0.265. The van der Waals surface area contributed by atoms with E-state index in [9.17, 15) is 9.90 Å². The van der Waals surface area contributed by atoms with Crippen LogP contribution in [0.5, 0.6) is 0 Å². The second-order valence-corrected chi connectivity index (χ2v) is 7.28. The predicted molar refractivity (Wildman–Crippen MR) is 111 cm³/mol. The summed E-state index contributed by atoms with van der Waals surface area (Å²) in [6, 6.07) is 19.2. The van der Waals surface area contributed by atoms with Crippen molar-refractivity contribution in [3.8, 4) is 0 Å². The molecule has 0 aromatic heterocycles. The molecule has 3 rings (SSSR count). The quantitative estimate of drug-likeness (QED) is 0.551. The number of carbonyl (C=O) groups excluding carboxylic acids is 1. The van der Waals surface area contributed by atoms with Gasteiger partial charge in [-0.25, -0.2) is 0 Å². The number of hydrogen-bond donors (Lipinski definition) is 1. The number of ether oxygens (including phenoxy) is 4. The number of benzene rings is 2. The van der Waals surface area contributed by atoms with Crippen LogP contribution < -0.4 is 0 Å². The highest BCUT2D eigenvalue weighted by molar-refractivity contribution is 9.06. The molecule has 7 nitrogen and oxygen atoms in total. The summed E-state index contributed by atoms with van der Waals surface area (Å²) in [5, 5.41) is 9.80. The minimum Gasteiger partial charge on any atom is -0.457 e. The van der Waals surface area contributed by atoms with Crippen LogP contribution in [0.1, 0.15) is 18.1 Å². The molecule has 2 aromatic carbocycles. The van der Waals surface area contributed by atoms with Crippen molar-refractivity contribution in [1.82, 2.24) is 0 Å². The molecule has 5 atom stereocenters. The molecular weight excluding hydrogens is 456 g/mol. The summed E-state index contributed by atoms with van der Waals surface area (Å²) in [5.74, 6) is -0.504. The molecule has 2 aromatic rings. The fourth-order valence-corrected chi connectivity index (χ4v) is 3.63. The molecule has 1 N–H and O–H groups in total. The summed E-state index contributed by atoms with van der Waals surface area (Å²) >= 11 is 2.98. The Morgan fingerprint density at radius 2 is 1.47 bits per heavy atom. The molecule has 0 bridgehead atoms. The summed E-state index contributed by atoms with van der Waals surface area (Å²) in [6.45, 7) is 1.47. The minimum atomic E-state index is -0.876. The van der Waals surface area contributed by atoms with Gasteiger partial charge >= 0.3 is 5.97 Å². The summed E-state index contributed by atoms with van der Waals surface area (Å²) in [7, 11) is 0. The zero-order valence-corrected chi connectivity index (χ0v) is 18.1. The molecular formula is C22H25BrO7. The summed E-state index contributed by atoms with van der Waals surface area (Å²) in [4.78, 5) is 11.7. The zero-order valence-electron chi connectivity index (χ0n) is 16.6. The predicted octanol–water partition coefficient (Wildman–Crippen LogP) is 3.13. The number of esters is 1. The number of hydrogen-bond acceptors (Lipinski definition) is 7. The van der Waals surface area contributed by atoms with Crippen molar-refractivity contribution < 1.29 is 32.7 Å². The van der Waals surface area contributed by atoms with Gasteiger partial charge in [0.1, 0.15) is 34.6 Å². The van der Waals surface area contributed by atoms with E-state index in [4.69, 9.17) is 22.8 Å². The third-order valence-corrected chi connectivity index (χ3v) is 5.10. The van der Waals surface area contributed by atoms with E-state index in [1.807, 2.05) is 60.7 Å². The van der Waals surface area contributed by atoms with Crippen LogP contribution in [0.15, 0.2) is 60.7 Å². The first-order valence-electron chi connectivity index (χ1n) is 9.64. The molecule has 1 aliphatic rings. The number of rotatable bonds is 9. The van der Waals surface area contributed by atoms with Crippen molar-refractivity contribution in [2.75, 3.05) is 6.61 Å². The molecule has 1 aliphatic heterocycles. The smallest absolute Gasteiger partial charge is 0.303 e. The van der Waals surface area contributed by atoms with Gasteiger partial charge in [0.25, 0.3) is 0 Å². The first kappa shape index (κ1) is 22.9. The van der Waals surface area contributed by atoms with Gasteiger partial charge in [0.15, 0.2) is 12.4 Å². The highest BCUT2D eigenvalue weighted by atomic mass is 79.9. The SMILES string of the molecule is CC(=O)O[C@H]1[C@H](OCc2ccccc2)[C@@H](OCc2ccccc2)C(OBr)O[C@@H]1CO. The molecule has 0 aliphatic carbocycles. The number of halogens is 1. The van der Waals surface area contributed by atoms with E-state index in [2.05, 4.69) is 16.3 Å². The Kier molecular flexibility index (Phi) is 8.80. The number of aliphatic hydroxyl groups is 1. The van der Waals surface area contributed by atoms with Crippen LogP contribution in [0.4, 0.5) is 0 Å². The Hall–Kier alpha value is -1.81. The number of aliphatic hydroxyl groups excluding tert-OH is 1. The van der Waals surface area contributed by atoms with Crippen molar-refractivity contribution in [3.63, 3.8) is 0 Å². The van der Waals surface area contributed by atoms with Crippen LogP contribution in [-0.4, -0.2) is 48.4 Å². The first-order chi connectivity index (χ1) is 14.6. The largest absolute Gasteiger partial charge is 0.457 e. The first-order valence-corrected chi connectivity index (χ1v) is 10.3. The Morgan fingerprint density at radius 3 is 1.93 bits per heavy atom. The van der Waals surface area contributed by atoms with Gasteiger partial charge in [-0.3, -0.25) is 8.62 Å². The van der Waals surface area contributed by atoms with Gasteiger partial charge in [-0.1, -0.05) is 60.7 Å². The van der Waals surface area contributed by atoms with Crippen LogP contribution in [0.2, 0.25) is 0 Å². The number of carbonyl (C=O) groups is 1. The maximum absolute atomic E-state index is 11.7. The van der Waals surface area contributed by atoms with Crippen molar-refractivity contribution in [3.05, 3.63) is 71.8 Å². The van der Waals surface area contributed by atoms with Crippen molar-refractivity contribution in [2.24, 2.45) is 0 Å². The lowest BCUT2D eigenvalue weighted by atomic mass is 9.98. The Morgan fingerprint density at radius 1 is 0.933 bits per heavy atom. The molecule has 0 saturated carbocycles. The monoisotopic (exact) mass is 480 g/mol. The van der Waals surface area contributed by atoms with Crippen LogP contribution in [-0.2, 0) is 40.8 Å². The van der Waals surface area contributed by atoms with Crippen molar-refractivity contribution in [1.29, 1.82) is 0 Å². The van der Waals surface area contributed by atoms with Gasteiger partial charge in [0.2, 0.25) is 0 Å². The summed E-state index contributed by atoms with van der Waals surface area (Å²) < 4.78 is 28.8. The molecule has 162 valence electrons. The van der Waals surface area contributed by atoms with E-state index in [-0.39, 0.29) is 19.8 Å². The van der Waals surface area contributed by atoms with Gasteiger partial charge in [0.05, 0.1) is 19.8 Å². The maximum atomic E-state index is 11.7. The van der Waals surface area contributed by atoms with E-state index in [1.54, 1.807) is 0 Å². The summed E-state index contributed by atoms with van der Waals surface area (Å²) in [6.07, 6.45) is -4.02. The standard InChI is InChI=1S/C22H25BrO7/c1-15(25)28-19-18(12-24)29-22(30-23)21(27-14-17-10-6-3-7-11-17)20(19)26-13-16-8-4-2-5-9-16/h2-11,18-22,24H,12-14H2,1H3/t18-,19-,20+,21-,22?/m1/s1. The molecule has 0 radical (unpaired) electrons. The molecule has 0 spiro atoms. The lowest BCUT2D eigenvalue weighted by Gasteiger charge is -2.44. The molecule has 30 heavy (non-hydrogen) atoms.